The summed E-state index contributed by atoms with van der Waals surface area (Å²) < 4.78 is 0. The summed E-state index contributed by atoms with van der Waals surface area (Å²) in [5.74, 6) is 2.63. The van der Waals surface area contributed by atoms with Gasteiger partial charge in [-0.3, -0.25) is 9.78 Å². The maximum absolute atomic E-state index is 12.1. The number of nitrogens with zero attached hydrogens (tertiary/aromatic N) is 1. The number of Topliss-reactive ketones (excluding diaryl/α,β-unsaturated/α-hetero) is 1. The highest BCUT2D eigenvalue weighted by Crippen LogP contribution is 2.32. The van der Waals surface area contributed by atoms with Gasteiger partial charge in [-0.1, -0.05) is 6.92 Å². The molecule has 2 atom stereocenters. The predicted octanol–water partition coefficient (Wildman–Crippen LogP) is 2.43. The number of ketones is 1. The number of hydrogen-bond acceptors (Lipinski definition) is 4. The summed E-state index contributed by atoms with van der Waals surface area (Å²) in [5, 5.41) is 0.625. The van der Waals surface area contributed by atoms with Gasteiger partial charge in [0.15, 0.2) is 5.78 Å². The first-order chi connectivity index (χ1) is 7.77. The summed E-state index contributed by atoms with van der Waals surface area (Å²) in [6.07, 6.45) is 4.04. The second-order valence-electron chi connectivity index (χ2n) is 3.87. The molecule has 86 valence electrons. The Morgan fingerprint density at radius 3 is 2.75 bits per heavy atom. The Bertz CT molecular complexity index is 355. The molecule has 2 unspecified atom stereocenters. The smallest absolute Gasteiger partial charge is 0.151 e. The molecule has 0 bridgehead atoms. The zero-order valence-corrected chi connectivity index (χ0v) is 10.9. The van der Waals surface area contributed by atoms with Crippen molar-refractivity contribution >= 4 is 29.3 Å². The van der Waals surface area contributed by atoms with E-state index >= 15 is 0 Å². The molecule has 2 nitrogen and oxygen atoms in total. The van der Waals surface area contributed by atoms with Gasteiger partial charge in [0.2, 0.25) is 0 Å². The number of carbonyl (C=O) groups is 1. The van der Waals surface area contributed by atoms with Gasteiger partial charge in [-0.05, 0) is 17.7 Å². The van der Waals surface area contributed by atoms with Crippen LogP contribution in [0.5, 0.6) is 0 Å². The quantitative estimate of drug-likeness (QED) is 0.827. The lowest BCUT2D eigenvalue weighted by Crippen LogP contribution is -2.32. The Hall–Kier alpha value is -0.480. The van der Waals surface area contributed by atoms with Crippen molar-refractivity contribution in [1.29, 1.82) is 0 Å². The Morgan fingerprint density at radius 2 is 2.06 bits per heavy atom. The van der Waals surface area contributed by atoms with E-state index in [1.54, 1.807) is 12.4 Å². The van der Waals surface area contributed by atoms with Crippen LogP contribution in [-0.2, 0) is 11.2 Å². The topological polar surface area (TPSA) is 30.0 Å². The lowest BCUT2D eigenvalue weighted by atomic mass is 10.1. The Morgan fingerprint density at radius 1 is 1.38 bits per heavy atom. The third-order valence-electron chi connectivity index (χ3n) is 2.63. The summed E-state index contributed by atoms with van der Waals surface area (Å²) in [6.45, 7) is 2.16. The summed E-state index contributed by atoms with van der Waals surface area (Å²) in [4.78, 5) is 16.1. The molecule has 0 aliphatic carbocycles. The predicted molar refractivity (Wildman–Crippen MR) is 71.1 cm³/mol. The minimum atomic E-state index is 0.173. The Labute approximate surface area is 105 Å². The van der Waals surface area contributed by atoms with Crippen LogP contribution in [-0.4, -0.2) is 32.8 Å². The Balaban J connectivity index is 1.97. The van der Waals surface area contributed by atoms with Crippen molar-refractivity contribution in [2.45, 2.75) is 23.8 Å². The van der Waals surface area contributed by atoms with E-state index in [1.165, 1.54) is 5.75 Å². The molecule has 16 heavy (non-hydrogen) atoms. The molecule has 2 rings (SSSR count). The van der Waals surface area contributed by atoms with Crippen LogP contribution in [0, 0.1) is 0 Å². The van der Waals surface area contributed by atoms with Gasteiger partial charge in [-0.15, -0.1) is 11.8 Å². The van der Waals surface area contributed by atoms with E-state index in [0.717, 1.165) is 11.3 Å². The number of pyridine rings is 1. The van der Waals surface area contributed by atoms with Crippen LogP contribution < -0.4 is 0 Å². The van der Waals surface area contributed by atoms with Gasteiger partial charge in [0.25, 0.3) is 0 Å². The lowest BCUT2D eigenvalue weighted by molar-refractivity contribution is -0.117. The van der Waals surface area contributed by atoms with Crippen LogP contribution in [0.1, 0.15) is 12.5 Å². The zero-order valence-electron chi connectivity index (χ0n) is 9.26. The van der Waals surface area contributed by atoms with Crippen molar-refractivity contribution in [3.8, 4) is 0 Å². The number of hydrogen-bond donors (Lipinski definition) is 0. The standard InChI is InChI=1S/C12H15NOS2/c1-9-12(16-7-6-15-9)11(14)8-10-2-4-13-5-3-10/h2-5,9,12H,6-8H2,1H3. The van der Waals surface area contributed by atoms with Crippen LogP contribution in [0.4, 0.5) is 0 Å². The van der Waals surface area contributed by atoms with Gasteiger partial charge in [0.1, 0.15) is 0 Å². The van der Waals surface area contributed by atoms with E-state index in [1.807, 2.05) is 35.7 Å². The van der Waals surface area contributed by atoms with Crippen molar-refractivity contribution in [1.82, 2.24) is 4.98 Å². The fourth-order valence-corrected chi connectivity index (χ4v) is 4.52. The minimum absolute atomic E-state index is 0.173. The molecular weight excluding hydrogens is 238 g/mol. The second-order valence-corrected chi connectivity index (χ2v) is 6.60. The van der Waals surface area contributed by atoms with Crippen LogP contribution in [0.15, 0.2) is 24.5 Å². The van der Waals surface area contributed by atoms with Gasteiger partial charge in [0, 0.05) is 35.6 Å². The molecule has 0 aromatic carbocycles. The molecule has 1 saturated heterocycles. The average Bonchev–Trinajstić information content (AvgIpc) is 2.31. The summed E-state index contributed by atoms with van der Waals surface area (Å²) in [7, 11) is 0. The maximum Gasteiger partial charge on any atom is 0.151 e. The average molecular weight is 253 g/mol. The SMILES string of the molecule is CC1SCCSC1C(=O)Cc1ccncc1. The molecule has 0 N–H and O–H groups in total. The molecule has 0 amide bonds. The number of thioether (sulfide) groups is 2. The third kappa shape index (κ3) is 3.01. The van der Waals surface area contributed by atoms with Crippen molar-refractivity contribution in [3.63, 3.8) is 0 Å². The van der Waals surface area contributed by atoms with Crippen LogP contribution in [0.25, 0.3) is 0 Å². The van der Waals surface area contributed by atoms with E-state index in [2.05, 4.69) is 11.9 Å². The molecule has 4 heteroatoms. The zero-order chi connectivity index (χ0) is 11.4. The monoisotopic (exact) mass is 253 g/mol. The van der Waals surface area contributed by atoms with Crippen molar-refractivity contribution in [3.05, 3.63) is 30.1 Å². The largest absolute Gasteiger partial charge is 0.298 e. The Kier molecular flexibility index (Phi) is 4.29. The first-order valence-electron chi connectivity index (χ1n) is 5.42. The van der Waals surface area contributed by atoms with Gasteiger partial charge < -0.3 is 0 Å². The van der Waals surface area contributed by atoms with Crippen molar-refractivity contribution in [2.75, 3.05) is 11.5 Å². The third-order valence-corrected chi connectivity index (χ3v) is 5.77. The van der Waals surface area contributed by atoms with Crippen molar-refractivity contribution in [2.24, 2.45) is 0 Å². The van der Waals surface area contributed by atoms with Gasteiger partial charge in [0.05, 0.1) is 5.25 Å². The first-order valence-corrected chi connectivity index (χ1v) is 7.52. The number of carbonyl (C=O) groups excluding carboxylic acids is 1. The van der Waals surface area contributed by atoms with E-state index in [4.69, 9.17) is 0 Å². The molecule has 0 saturated carbocycles. The van der Waals surface area contributed by atoms with Gasteiger partial charge in [-0.2, -0.15) is 11.8 Å². The summed E-state index contributed by atoms with van der Waals surface area (Å²) in [5.41, 5.74) is 1.07. The summed E-state index contributed by atoms with van der Waals surface area (Å²) >= 11 is 3.72. The van der Waals surface area contributed by atoms with Gasteiger partial charge >= 0.3 is 0 Å². The molecule has 0 radical (unpaired) electrons. The molecule has 1 aliphatic heterocycles. The fraction of sp³-hybridized carbons (Fsp3) is 0.500. The van der Waals surface area contributed by atoms with Crippen LogP contribution in [0.2, 0.25) is 0 Å². The highest BCUT2D eigenvalue weighted by Gasteiger charge is 2.28. The highest BCUT2D eigenvalue weighted by atomic mass is 32.2. The number of rotatable bonds is 3. The van der Waals surface area contributed by atoms with Crippen molar-refractivity contribution < 1.29 is 4.79 Å². The fourth-order valence-electron chi connectivity index (χ4n) is 1.79. The van der Waals surface area contributed by atoms with Crippen LogP contribution >= 0.6 is 23.5 Å². The molecule has 1 aromatic heterocycles. The summed E-state index contributed by atoms with van der Waals surface area (Å²) in [6, 6.07) is 3.84. The second kappa shape index (κ2) is 5.73. The maximum atomic E-state index is 12.1. The normalized spacial score (nSPS) is 25.3. The van der Waals surface area contributed by atoms with Gasteiger partial charge in [-0.25, -0.2) is 0 Å². The molecule has 1 fully saturated rings. The molecule has 0 spiro atoms. The van der Waals surface area contributed by atoms with E-state index in [-0.39, 0.29) is 5.25 Å². The van der Waals surface area contributed by atoms with E-state index in [0.29, 0.717) is 17.5 Å². The number of aromatic nitrogens is 1. The van der Waals surface area contributed by atoms with E-state index < -0.39 is 0 Å². The molecular formula is C12H15NOS2. The lowest BCUT2D eigenvalue weighted by Gasteiger charge is -2.26. The first kappa shape index (κ1) is 12.0. The molecule has 1 aromatic rings. The van der Waals surface area contributed by atoms with E-state index in [9.17, 15) is 4.79 Å². The molecule has 2 heterocycles. The van der Waals surface area contributed by atoms with Crippen LogP contribution in [0.3, 0.4) is 0 Å². The molecule has 1 aliphatic rings. The highest BCUT2D eigenvalue weighted by molar-refractivity contribution is 8.07. The minimum Gasteiger partial charge on any atom is -0.298 e.